The molecule has 4 heterocycles. The van der Waals surface area contributed by atoms with Gasteiger partial charge >= 0.3 is 0 Å². The van der Waals surface area contributed by atoms with Gasteiger partial charge in [0.1, 0.15) is 11.6 Å². The molecule has 1 aliphatic heterocycles. The van der Waals surface area contributed by atoms with Crippen LogP contribution in [-0.2, 0) is 16.4 Å². The molecule has 214 valence electrons. The van der Waals surface area contributed by atoms with E-state index in [1.807, 2.05) is 57.5 Å². The second-order valence-corrected chi connectivity index (χ2v) is 10.7. The first kappa shape index (κ1) is 32.0. The predicted octanol–water partition coefficient (Wildman–Crippen LogP) is 5.43. The average Bonchev–Trinajstić information content (AvgIpc) is 3.42. The second-order valence-electron chi connectivity index (χ2n) is 8.70. The van der Waals surface area contributed by atoms with Crippen molar-refractivity contribution in [2.45, 2.75) is 60.4 Å². The lowest BCUT2D eigenvalue weighted by atomic mass is 10.1. The molecule has 9 nitrogen and oxygen atoms in total. The van der Waals surface area contributed by atoms with Crippen LogP contribution in [-0.4, -0.2) is 71.6 Å². The van der Waals surface area contributed by atoms with E-state index < -0.39 is 9.84 Å². The zero-order chi connectivity index (χ0) is 27.9. The maximum Gasteiger partial charge on any atom is 0.236 e. The number of hydrogen-bond acceptors (Lipinski definition) is 8. The number of sulfone groups is 1. The Balaban J connectivity index is 0.00000102. The van der Waals surface area contributed by atoms with Crippen molar-refractivity contribution in [1.29, 1.82) is 0 Å². The highest BCUT2D eigenvalue weighted by Crippen LogP contribution is 2.28. The topological polar surface area (TPSA) is 95.7 Å². The second kappa shape index (κ2) is 14.2. The molecule has 0 aliphatic carbocycles. The van der Waals surface area contributed by atoms with Crippen molar-refractivity contribution in [3.8, 4) is 0 Å². The molecular weight excluding hydrogens is 510 g/mol. The maximum absolute atomic E-state index is 12.1. The summed E-state index contributed by atoms with van der Waals surface area (Å²) in [5, 5.41) is 4.39. The van der Waals surface area contributed by atoms with E-state index in [4.69, 9.17) is 9.97 Å². The van der Waals surface area contributed by atoms with Gasteiger partial charge in [-0.2, -0.15) is 4.98 Å². The summed E-state index contributed by atoms with van der Waals surface area (Å²) in [6, 6.07) is 7.45. The molecule has 5 rings (SSSR count). The molecule has 1 aliphatic rings. The molecule has 3 aromatic heterocycles. The largest absolute Gasteiger partial charge is 0.365 e. The van der Waals surface area contributed by atoms with Gasteiger partial charge in [0.25, 0.3) is 0 Å². The summed E-state index contributed by atoms with van der Waals surface area (Å²) in [7, 11) is -3.29. The highest BCUT2D eigenvalue weighted by molar-refractivity contribution is 7.90. The Morgan fingerprint density at radius 2 is 1.72 bits per heavy atom. The molecule has 1 saturated heterocycles. The monoisotopic (exact) mass is 555 g/mol. The van der Waals surface area contributed by atoms with Crippen LogP contribution in [0.2, 0.25) is 0 Å². The van der Waals surface area contributed by atoms with E-state index in [0.29, 0.717) is 23.0 Å². The molecule has 0 bridgehead atoms. The minimum atomic E-state index is -3.29. The number of nitrogens with zero attached hydrogens (tertiary/aromatic N) is 6. The summed E-state index contributed by atoms with van der Waals surface area (Å²) < 4.78 is 26.2. The van der Waals surface area contributed by atoms with Crippen LogP contribution >= 0.6 is 0 Å². The number of hydrogen-bond donors (Lipinski definition) is 1. The van der Waals surface area contributed by atoms with E-state index in [0.717, 1.165) is 60.6 Å². The number of imidazole rings is 1. The summed E-state index contributed by atoms with van der Waals surface area (Å²) >= 11 is 0. The van der Waals surface area contributed by atoms with Gasteiger partial charge in [-0.15, -0.1) is 0 Å². The Morgan fingerprint density at radius 3 is 2.36 bits per heavy atom. The molecule has 0 saturated carbocycles. The van der Waals surface area contributed by atoms with Gasteiger partial charge in [0.15, 0.2) is 9.84 Å². The molecule has 1 fully saturated rings. The van der Waals surface area contributed by atoms with Crippen LogP contribution in [0.15, 0.2) is 47.8 Å². The summed E-state index contributed by atoms with van der Waals surface area (Å²) in [6.07, 6.45) is 6.73. The van der Waals surface area contributed by atoms with Crippen LogP contribution in [0.3, 0.4) is 0 Å². The molecule has 1 aromatic carbocycles. The Kier molecular flexibility index (Phi) is 11.7. The minimum absolute atomic E-state index is 0. The van der Waals surface area contributed by atoms with Crippen molar-refractivity contribution in [2.75, 3.05) is 49.2 Å². The van der Waals surface area contributed by atoms with Crippen LogP contribution in [0, 0.1) is 6.92 Å². The van der Waals surface area contributed by atoms with E-state index in [9.17, 15) is 8.42 Å². The number of likely N-dealkylation sites (N-methyl/N-ethyl adjacent to an activating group) is 1. The summed E-state index contributed by atoms with van der Waals surface area (Å²) in [6.45, 7) is 17.5. The fraction of sp³-hybridized carbons (Fsp3) is 0.483. The summed E-state index contributed by atoms with van der Waals surface area (Å²) in [5.41, 5.74) is 2.58. The third-order valence-corrected chi connectivity index (χ3v) is 7.84. The van der Waals surface area contributed by atoms with Crippen LogP contribution in [0.1, 0.15) is 53.2 Å². The third-order valence-electron chi connectivity index (χ3n) is 6.60. The van der Waals surface area contributed by atoms with Gasteiger partial charge in [-0.3, -0.25) is 4.40 Å². The van der Waals surface area contributed by atoms with Gasteiger partial charge in [-0.25, -0.2) is 18.4 Å². The summed E-state index contributed by atoms with van der Waals surface area (Å²) in [4.78, 5) is 19.0. The van der Waals surface area contributed by atoms with Crippen LogP contribution in [0.5, 0.6) is 0 Å². The Morgan fingerprint density at radius 1 is 1.03 bits per heavy atom. The quantitative estimate of drug-likeness (QED) is 0.336. The van der Waals surface area contributed by atoms with Gasteiger partial charge in [0, 0.05) is 56.8 Å². The number of piperazine rings is 1. The number of aromatic nitrogens is 4. The Bertz CT molecular complexity index is 1460. The van der Waals surface area contributed by atoms with Crippen LogP contribution in [0.4, 0.5) is 11.6 Å². The van der Waals surface area contributed by atoms with Crippen LogP contribution in [0.25, 0.3) is 16.7 Å². The standard InChI is InChI=1S/C24H29N7O2S.2C2H6.CH4/c1-4-29-10-12-30(13-11-29)22-14-19-20(16-26-22)31-9-8-25-24(31)28-23(19)27-15-18-6-5-7-21(17(18)2)34(3,32)33;2*1-2;/h5-9,14,16H,4,10-13,15H2,1-3H3,(H,25,27,28);2*1-2H3;1H4. The van der Waals surface area contributed by atoms with Gasteiger partial charge < -0.3 is 15.1 Å². The number of rotatable bonds is 6. The fourth-order valence-electron chi connectivity index (χ4n) is 4.58. The zero-order valence-electron chi connectivity index (χ0n) is 23.7. The lowest BCUT2D eigenvalue weighted by Crippen LogP contribution is -2.46. The van der Waals surface area contributed by atoms with Crippen molar-refractivity contribution < 1.29 is 8.42 Å². The van der Waals surface area contributed by atoms with E-state index in [-0.39, 0.29) is 7.43 Å². The molecule has 0 spiro atoms. The van der Waals surface area contributed by atoms with Crippen molar-refractivity contribution in [3.63, 3.8) is 0 Å². The van der Waals surface area contributed by atoms with Crippen molar-refractivity contribution >= 4 is 38.2 Å². The first-order chi connectivity index (χ1) is 18.3. The highest BCUT2D eigenvalue weighted by Gasteiger charge is 2.19. The highest BCUT2D eigenvalue weighted by atomic mass is 32.2. The smallest absolute Gasteiger partial charge is 0.236 e. The summed E-state index contributed by atoms with van der Waals surface area (Å²) in [5.74, 6) is 2.22. The zero-order valence-corrected chi connectivity index (χ0v) is 24.5. The van der Waals surface area contributed by atoms with Crippen molar-refractivity contribution in [2.24, 2.45) is 0 Å². The predicted molar refractivity (Wildman–Crippen MR) is 164 cm³/mol. The van der Waals surface area contributed by atoms with Crippen molar-refractivity contribution in [3.05, 3.63) is 54.0 Å². The van der Waals surface area contributed by atoms with Gasteiger partial charge in [0.05, 0.1) is 16.6 Å². The van der Waals surface area contributed by atoms with Gasteiger partial charge in [0.2, 0.25) is 5.78 Å². The van der Waals surface area contributed by atoms with E-state index in [1.165, 1.54) is 6.26 Å². The first-order valence-electron chi connectivity index (χ1n) is 13.5. The van der Waals surface area contributed by atoms with Gasteiger partial charge in [-0.05, 0) is 36.7 Å². The number of benzene rings is 1. The lowest BCUT2D eigenvalue weighted by Gasteiger charge is -2.34. The molecule has 0 unspecified atom stereocenters. The van der Waals surface area contributed by atoms with E-state index in [1.54, 1.807) is 18.3 Å². The van der Waals surface area contributed by atoms with Crippen LogP contribution < -0.4 is 10.2 Å². The number of anilines is 2. The van der Waals surface area contributed by atoms with E-state index >= 15 is 0 Å². The molecule has 4 aromatic rings. The maximum atomic E-state index is 12.1. The fourth-order valence-corrected chi connectivity index (χ4v) is 5.59. The SMILES string of the molecule is C.CC.CC.CCN1CCN(c2cc3c(NCc4cccc(S(C)(=O)=O)c4C)nc4nccn4c3cn2)CC1. The number of fused-ring (bicyclic) bond motifs is 3. The first-order valence-corrected chi connectivity index (χ1v) is 15.4. The molecule has 0 atom stereocenters. The average molecular weight is 556 g/mol. The van der Waals surface area contributed by atoms with Crippen molar-refractivity contribution in [1.82, 2.24) is 24.3 Å². The normalized spacial score (nSPS) is 13.7. The molecule has 0 amide bonds. The Labute approximate surface area is 234 Å². The minimum Gasteiger partial charge on any atom is -0.365 e. The molecular formula is C29H45N7O2S. The molecule has 0 radical (unpaired) electrons. The van der Waals surface area contributed by atoms with Gasteiger partial charge in [-0.1, -0.05) is 54.2 Å². The molecule has 1 N–H and O–H groups in total. The molecule has 10 heteroatoms. The third kappa shape index (κ3) is 7.05. The number of pyridine rings is 1. The van der Waals surface area contributed by atoms with E-state index in [2.05, 4.69) is 33.1 Å². The number of nitrogens with one attached hydrogen (secondary N) is 1. The molecule has 39 heavy (non-hydrogen) atoms. The lowest BCUT2D eigenvalue weighted by molar-refractivity contribution is 0.270. The Hall–Kier alpha value is -3.24.